The van der Waals surface area contributed by atoms with Crippen molar-refractivity contribution in [3.05, 3.63) is 45.9 Å². The van der Waals surface area contributed by atoms with Gasteiger partial charge in [0.2, 0.25) is 0 Å². The summed E-state index contributed by atoms with van der Waals surface area (Å²) < 4.78 is 1.19. The molecular weight excluding hydrogens is 276 g/mol. The third-order valence-electron chi connectivity index (χ3n) is 2.84. The molecule has 2 aromatic heterocycles. The zero-order chi connectivity index (χ0) is 15.8. The summed E-state index contributed by atoms with van der Waals surface area (Å²) in [7, 11) is 0. The molecule has 2 heterocycles. The van der Waals surface area contributed by atoms with Crippen molar-refractivity contribution in [1.82, 2.24) is 14.8 Å². The molecule has 0 aliphatic rings. The van der Waals surface area contributed by atoms with Crippen molar-refractivity contribution in [2.24, 2.45) is 0 Å². The quantitative estimate of drug-likeness (QED) is 0.685. The van der Waals surface area contributed by atoms with Crippen LogP contribution in [0.3, 0.4) is 0 Å². The molecule has 0 saturated heterocycles. The number of hydrogen-bond acceptors (Lipinski definition) is 5. The maximum Gasteiger partial charge on any atom is 0.335 e. The minimum atomic E-state index is -1.09. The van der Waals surface area contributed by atoms with Crippen molar-refractivity contribution >= 4 is 11.7 Å². The second kappa shape index (κ2) is 4.97. The summed E-state index contributed by atoms with van der Waals surface area (Å²) in [5.41, 5.74) is 0.0766. The molecule has 0 unspecified atom stereocenters. The number of nitrogens with zero attached hydrogens (tertiary/aromatic N) is 4. The van der Waals surface area contributed by atoms with E-state index in [9.17, 15) is 20.0 Å². The Morgan fingerprint density at radius 2 is 2.05 bits per heavy atom. The molecule has 8 heteroatoms. The van der Waals surface area contributed by atoms with Gasteiger partial charge in [-0.2, -0.15) is 5.10 Å². The smallest absolute Gasteiger partial charge is 0.335 e. The number of aromatic carboxylic acids is 1. The fourth-order valence-corrected chi connectivity index (χ4v) is 1.67. The Labute approximate surface area is 120 Å². The van der Waals surface area contributed by atoms with Gasteiger partial charge in [-0.05, 0) is 12.1 Å². The monoisotopic (exact) mass is 290 g/mol. The first-order valence-electron chi connectivity index (χ1n) is 6.14. The first kappa shape index (κ1) is 14.6. The van der Waals surface area contributed by atoms with Gasteiger partial charge in [0.25, 0.3) is 0 Å². The molecule has 2 rings (SSSR count). The van der Waals surface area contributed by atoms with Crippen LogP contribution in [0.1, 0.15) is 36.8 Å². The molecule has 0 aliphatic carbocycles. The molecule has 2 aromatic rings. The maximum absolute atomic E-state index is 11.2. The molecule has 1 N–H and O–H groups in total. The van der Waals surface area contributed by atoms with Crippen molar-refractivity contribution in [1.29, 1.82) is 0 Å². The minimum absolute atomic E-state index is 0.0584. The van der Waals surface area contributed by atoms with E-state index in [1.807, 2.05) is 20.8 Å². The molecule has 21 heavy (non-hydrogen) atoms. The molecule has 0 spiro atoms. The fourth-order valence-electron chi connectivity index (χ4n) is 1.67. The number of pyridine rings is 1. The number of carboxylic acid groups (broad SMARTS) is 1. The second-order valence-electron chi connectivity index (χ2n) is 5.55. The average Bonchev–Trinajstić information content (AvgIpc) is 2.86. The van der Waals surface area contributed by atoms with E-state index in [1.165, 1.54) is 23.0 Å². The van der Waals surface area contributed by atoms with Crippen molar-refractivity contribution in [3.63, 3.8) is 0 Å². The average molecular weight is 290 g/mol. The first-order chi connectivity index (χ1) is 9.68. The Morgan fingerprint density at radius 3 is 2.52 bits per heavy atom. The van der Waals surface area contributed by atoms with Gasteiger partial charge >= 0.3 is 11.7 Å². The normalized spacial score (nSPS) is 11.4. The van der Waals surface area contributed by atoms with Gasteiger partial charge in [0.15, 0.2) is 5.82 Å². The third-order valence-corrected chi connectivity index (χ3v) is 2.84. The Morgan fingerprint density at radius 1 is 1.38 bits per heavy atom. The van der Waals surface area contributed by atoms with Crippen molar-refractivity contribution in [2.45, 2.75) is 26.2 Å². The fraction of sp³-hybridized carbons (Fsp3) is 0.308. The van der Waals surface area contributed by atoms with Crippen molar-refractivity contribution in [2.75, 3.05) is 0 Å². The Hall–Kier alpha value is -2.77. The molecule has 0 radical (unpaired) electrons. The molecular formula is C13H14N4O4. The largest absolute Gasteiger partial charge is 0.478 e. The second-order valence-corrected chi connectivity index (χ2v) is 5.55. The predicted octanol–water partition coefficient (Wildman–Crippen LogP) is 2.17. The van der Waals surface area contributed by atoms with E-state index in [4.69, 9.17) is 0 Å². The zero-order valence-corrected chi connectivity index (χ0v) is 11.8. The molecule has 110 valence electrons. The van der Waals surface area contributed by atoms with Crippen LogP contribution in [0.15, 0.2) is 24.5 Å². The lowest BCUT2D eigenvalue weighted by molar-refractivity contribution is -0.384. The van der Waals surface area contributed by atoms with Gasteiger partial charge < -0.3 is 5.11 Å². The van der Waals surface area contributed by atoms with Crippen LogP contribution in [0.25, 0.3) is 5.82 Å². The molecule has 0 fully saturated rings. The van der Waals surface area contributed by atoms with E-state index >= 15 is 0 Å². The van der Waals surface area contributed by atoms with E-state index in [0.717, 1.165) is 6.20 Å². The Balaban J connectivity index is 2.59. The Kier molecular flexibility index (Phi) is 3.46. The van der Waals surface area contributed by atoms with Crippen LogP contribution in [-0.4, -0.2) is 30.8 Å². The number of aromatic nitrogens is 3. The number of carboxylic acids is 1. The van der Waals surface area contributed by atoms with Gasteiger partial charge in [0.1, 0.15) is 12.4 Å². The molecule has 0 atom stereocenters. The van der Waals surface area contributed by atoms with Gasteiger partial charge in [-0.25, -0.2) is 14.5 Å². The lowest BCUT2D eigenvalue weighted by Gasteiger charge is -2.19. The van der Waals surface area contributed by atoms with Crippen LogP contribution >= 0.6 is 0 Å². The van der Waals surface area contributed by atoms with Crippen LogP contribution < -0.4 is 0 Å². The highest BCUT2D eigenvalue weighted by molar-refractivity contribution is 5.88. The van der Waals surface area contributed by atoms with Crippen LogP contribution in [-0.2, 0) is 5.41 Å². The van der Waals surface area contributed by atoms with E-state index < -0.39 is 10.9 Å². The van der Waals surface area contributed by atoms with Crippen molar-refractivity contribution < 1.29 is 14.8 Å². The third kappa shape index (κ3) is 3.04. The predicted molar refractivity (Wildman–Crippen MR) is 73.7 cm³/mol. The maximum atomic E-state index is 11.2. The topological polar surface area (TPSA) is 111 Å². The van der Waals surface area contributed by atoms with Crippen LogP contribution in [0.5, 0.6) is 0 Å². The molecule has 8 nitrogen and oxygen atoms in total. The summed E-state index contributed by atoms with van der Waals surface area (Å²) in [5.74, 6) is -0.862. The lowest BCUT2D eigenvalue weighted by atomic mass is 9.91. The minimum Gasteiger partial charge on any atom is -0.478 e. The van der Waals surface area contributed by atoms with E-state index in [0.29, 0.717) is 5.69 Å². The first-order valence-corrected chi connectivity index (χ1v) is 6.14. The summed E-state index contributed by atoms with van der Waals surface area (Å²) in [6.07, 6.45) is 2.28. The van der Waals surface area contributed by atoms with Crippen LogP contribution in [0, 0.1) is 10.1 Å². The summed E-state index contributed by atoms with van der Waals surface area (Å²) in [6.45, 7) is 5.70. The lowest BCUT2D eigenvalue weighted by Crippen LogP contribution is -2.17. The highest BCUT2D eigenvalue weighted by Gasteiger charge is 2.20. The van der Waals surface area contributed by atoms with Gasteiger partial charge in [-0.1, -0.05) is 20.8 Å². The summed E-state index contributed by atoms with van der Waals surface area (Å²) in [4.78, 5) is 25.7. The molecule has 0 aliphatic heterocycles. The van der Waals surface area contributed by atoms with Crippen molar-refractivity contribution in [3.8, 4) is 5.82 Å². The summed E-state index contributed by atoms with van der Waals surface area (Å²) in [5, 5.41) is 23.7. The highest BCUT2D eigenvalue weighted by Crippen LogP contribution is 2.23. The number of hydrogen-bond donors (Lipinski definition) is 1. The van der Waals surface area contributed by atoms with Gasteiger partial charge in [-0.15, -0.1) is 0 Å². The van der Waals surface area contributed by atoms with Gasteiger partial charge in [0.05, 0.1) is 10.5 Å². The van der Waals surface area contributed by atoms with Crippen LogP contribution in [0.2, 0.25) is 0 Å². The summed E-state index contributed by atoms with van der Waals surface area (Å²) >= 11 is 0. The number of rotatable bonds is 3. The standard InChI is InChI=1S/C13H14N4O4/c1-13(2,3)10-4-8(12(18)19)5-11(15-10)16-7-9(6-14-16)17(20)21/h4-7H,1-3H3,(H,18,19). The highest BCUT2D eigenvalue weighted by atomic mass is 16.6. The molecule has 0 amide bonds. The SMILES string of the molecule is CC(C)(C)c1cc(C(=O)O)cc(-n2cc([N+](=O)[O-])cn2)n1. The van der Waals surface area contributed by atoms with Gasteiger partial charge in [0, 0.05) is 11.1 Å². The van der Waals surface area contributed by atoms with Gasteiger partial charge in [-0.3, -0.25) is 10.1 Å². The molecule has 0 bridgehead atoms. The molecule has 0 saturated carbocycles. The van der Waals surface area contributed by atoms with E-state index in [-0.39, 0.29) is 22.5 Å². The summed E-state index contributed by atoms with van der Waals surface area (Å²) in [6, 6.07) is 2.82. The Bertz CT molecular complexity index is 715. The number of carbonyl (C=O) groups is 1. The van der Waals surface area contributed by atoms with E-state index in [1.54, 1.807) is 0 Å². The number of nitro groups is 1. The van der Waals surface area contributed by atoms with E-state index in [2.05, 4.69) is 10.1 Å². The zero-order valence-electron chi connectivity index (χ0n) is 11.8. The molecule has 0 aromatic carbocycles. The van der Waals surface area contributed by atoms with Crippen LogP contribution in [0.4, 0.5) is 5.69 Å².